The second-order valence-corrected chi connectivity index (χ2v) is 4.63. The van der Waals surface area contributed by atoms with Crippen LogP contribution in [0.1, 0.15) is 33.6 Å². The lowest BCUT2D eigenvalue weighted by atomic mass is 10.0. The van der Waals surface area contributed by atoms with Crippen LogP contribution >= 0.6 is 0 Å². The summed E-state index contributed by atoms with van der Waals surface area (Å²) in [6, 6.07) is 0. The Labute approximate surface area is 120 Å². The molecule has 0 saturated carbocycles. The van der Waals surface area contributed by atoms with Crippen LogP contribution in [0.3, 0.4) is 0 Å². The first kappa shape index (κ1) is 18.2. The molecule has 116 valence electrons. The van der Waals surface area contributed by atoms with Gasteiger partial charge in [0.25, 0.3) is 0 Å². The monoisotopic (exact) mass is 286 g/mol. The van der Waals surface area contributed by atoms with E-state index in [1.165, 1.54) is 4.90 Å². The van der Waals surface area contributed by atoms with Crippen molar-refractivity contribution < 1.29 is 14.8 Å². The third kappa shape index (κ3) is 5.07. The third-order valence-electron chi connectivity index (χ3n) is 3.21. The lowest BCUT2D eigenvalue weighted by Gasteiger charge is -2.25. The van der Waals surface area contributed by atoms with Gasteiger partial charge in [0.15, 0.2) is 5.84 Å². The molecule has 0 aromatic carbocycles. The molecule has 0 radical (unpaired) electrons. The first-order chi connectivity index (χ1) is 9.42. The smallest absolute Gasteiger partial charge is 0.242 e. The first-order valence-corrected chi connectivity index (χ1v) is 6.92. The molecule has 20 heavy (non-hydrogen) atoms. The summed E-state index contributed by atoms with van der Waals surface area (Å²) in [4.78, 5) is 27.2. The highest BCUT2D eigenvalue weighted by molar-refractivity contribution is 6.02. The summed E-state index contributed by atoms with van der Waals surface area (Å²) in [5, 5.41) is 11.6. The molecule has 0 spiro atoms. The lowest BCUT2D eigenvalue weighted by Crippen LogP contribution is -2.45. The molecular weight excluding hydrogens is 260 g/mol. The molecule has 7 nitrogen and oxygen atoms in total. The maximum absolute atomic E-state index is 12.3. The zero-order valence-corrected chi connectivity index (χ0v) is 12.8. The van der Waals surface area contributed by atoms with Gasteiger partial charge >= 0.3 is 0 Å². The second-order valence-electron chi connectivity index (χ2n) is 4.63. The number of carbonyl (C=O) groups excluding carboxylic acids is 2. The summed E-state index contributed by atoms with van der Waals surface area (Å²) in [5.41, 5.74) is 5.54. The van der Waals surface area contributed by atoms with Crippen molar-refractivity contribution in [3.63, 3.8) is 0 Å². The maximum Gasteiger partial charge on any atom is 0.242 e. The average molecular weight is 286 g/mol. The number of carbonyl (C=O) groups is 2. The number of nitrogens with zero attached hydrogens (tertiary/aromatic N) is 3. The summed E-state index contributed by atoms with van der Waals surface area (Å²) >= 11 is 0. The molecule has 0 aromatic rings. The topological polar surface area (TPSA) is 99.2 Å². The van der Waals surface area contributed by atoms with Gasteiger partial charge in [0.05, 0.1) is 12.5 Å². The van der Waals surface area contributed by atoms with Gasteiger partial charge in [-0.05, 0) is 20.3 Å². The molecule has 0 heterocycles. The Morgan fingerprint density at radius 3 is 2.20 bits per heavy atom. The molecule has 0 saturated heterocycles. The van der Waals surface area contributed by atoms with Gasteiger partial charge in [0.1, 0.15) is 0 Å². The van der Waals surface area contributed by atoms with E-state index in [0.717, 1.165) is 6.42 Å². The van der Waals surface area contributed by atoms with Crippen LogP contribution in [0.15, 0.2) is 5.16 Å². The third-order valence-corrected chi connectivity index (χ3v) is 3.21. The molecule has 0 aliphatic carbocycles. The summed E-state index contributed by atoms with van der Waals surface area (Å²) < 4.78 is 0. The number of amides is 2. The number of likely N-dealkylation sites (N-methyl/N-ethyl adjacent to an activating group) is 2. The van der Waals surface area contributed by atoms with E-state index in [1.807, 2.05) is 20.8 Å². The summed E-state index contributed by atoms with van der Waals surface area (Å²) in [6.07, 6.45) is 1.21. The molecule has 7 heteroatoms. The van der Waals surface area contributed by atoms with Crippen molar-refractivity contribution in [2.24, 2.45) is 16.8 Å². The molecule has 1 unspecified atom stereocenters. The predicted molar refractivity (Wildman–Crippen MR) is 77.4 cm³/mol. The first-order valence-electron chi connectivity index (χ1n) is 6.92. The van der Waals surface area contributed by atoms with Crippen molar-refractivity contribution in [2.45, 2.75) is 33.6 Å². The average Bonchev–Trinajstić information content (AvgIpc) is 2.44. The van der Waals surface area contributed by atoms with Gasteiger partial charge in [0.2, 0.25) is 11.8 Å². The van der Waals surface area contributed by atoms with Gasteiger partial charge < -0.3 is 20.7 Å². The summed E-state index contributed by atoms with van der Waals surface area (Å²) in [7, 11) is 1.55. The fourth-order valence-corrected chi connectivity index (χ4v) is 1.98. The van der Waals surface area contributed by atoms with Gasteiger partial charge in [-0.3, -0.25) is 9.59 Å². The fraction of sp³-hybridized carbons (Fsp3) is 0.769. The van der Waals surface area contributed by atoms with Crippen molar-refractivity contribution >= 4 is 17.6 Å². The minimum Gasteiger partial charge on any atom is -0.409 e. The summed E-state index contributed by atoms with van der Waals surface area (Å²) in [5.74, 6) is -1.21. The Bertz CT molecular complexity index is 354. The van der Waals surface area contributed by atoms with E-state index in [0.29, 0.717) is 19.5 Å². The minimum absolute atomic E-state index is 0.000559. The van der Waals surface area contributed by atoms with E-state index in [9.17, 15) is 9.59 Å². The Morgan fingerprint density at radius 2 is 1.80 bits per heavy atom. The number of amidine groups is 1. The van der Waals surface area contributed by atoms with Crippen LogP contribution in [0, 0.1) is 5.92 Å². The van der Waals surface area contributed by atoms with Gasteiger partial charge in [-0.25, -0.2) is 0 Å². The fourth-order valence-electron chi connectivity index (χ4n) is 1.98. The van der Waals surface area contributed by atoms with E-state index in [-0.39, 0.29) is 24.2 Å². The second kappa shape index (κ2) is 9.17. The molecule has 2 amide bonds. The number of oxime groups is 1. The van der Waals surface area contributed by atoms with Gasteiger partial charge in [0, 0.05) is 20.1 Å². The van der Waals surface area contributed by atoms with Crippen LogP contribution < -0.4 is 5.73 Å². The van der Waals surface area contributed by atoms with Crippen LogP contribution in [0.5, 0.6) is 0 Å². The highest BCUT2D eigenvalue weighted by atomic mass is 16.4. The Kier molecular flexibility index (Phi) is 8.35. The summed E-state index contributed by atoms with van der Waals surface area (Å²) in [6.45, 7) is 6.90. The maximum atomic E-state index is 12.3. The van der Waals surface area contributed by atoms with Crippen LogP contribution in [-0.4, -0.2) is 59.3 Å². The van der Waals surface area contributed by atoms with E-state index in [1.54, 1.807) is 11.9 Å². The zero-order chi connectivity index (χ0) is 15.7. The number of nitrogens with two attached hydrogens (primary N) is 1. The van der Waals surface area contributed by atoms with E-state index in [2.05, 4.69) is 5.16 Å². The minimum atomic E-state index is -0.681. The largest absolute Gasteiger partial charge is 0.409 e. The number of rotatable bonds is 8. The van der Waals surface area contributed by atoms with Gasteiger partial charge in [-0.2, -0.15) is 0 Å². The van der Waals surface area contributed by atoms with E-state index in [4.69, 9.17) is 10.9 Å². The standard InChI is InChI=1S/C13H26N4O3/c1-5-8-10(12(14)15-20)13(19)16(4)9-11(18)17(6-2)7-3/h10,20H,5-9H2,1-4H3,(H2,14,15). The number of hydrogen-bond donors (Lipinski definition) is 2. The van der Waals surface area contributed by atoms with Crippen LogP contribution in [0.4, 0.5) is 0 Å². The molecular formula is C13H26N4O3. The zero-order valence-electron chi connectivity index (χ0n) is 12.8. The Hall–Kier alpha value is -1.79. The van der Waals surface area contributed by atoms with Crippen molar-refractivity contribution in [2.75, 3.05) is 26.7 Å². The number of hydrogen-bond acceptors (Lipinski definition) is 4. The molecule has 1 atom stereocenters. The Morgan fingerprint density at radius 1 is 1.25 bits per heavy atom. The normalized spacial score (nSPS) is 12.9. The van der Waals surface area contributed by atoms with E-state index >= 15 is 0 Å². The van der Waals surface area contributed by atoms with Crippen molar-refractivity contribution in [3.8, 4) is 0 Å². The van der Waals surface area contributed by atoms with Gasteiger partial charge in [-0.1, -0.05) is 18.5 Å². The van der Waals surface area contributed by atoms with Crippen molar-refractivity contribution in [1.29, 1.82) is 0 Å². The SMILES string of the molecule is CCCC(C(=O)N(C)CC(=O)N(CC)CC)C(N)=NO. The quantitative estimate of drug-likeness (QED) is 0.293. The van der Waals surface area contributed by atoms with E-state index < -0.39 is 5.92 Å². The molecule has 0 rings (SSSR count). The molecule has 0 fully saturated rings. The molecule has 0 aliphatic rings. The molecule has 3 N–H and O–H groups in total. The van der Waals surface area contributed by atoms with Crippen LogP contribution in [0.2, 0.25) is 0 Å². The van der Waals surface area contributed by atoms with Crippen molar-refractivity contribution in [1.82, 2.24) is 9.80 Å². The Balaban J connectivity index is 4.77. The highest BCUT2D eigenvalue weighted by Gasteiger charge is 2.27. The predicted octanol–water partition coefficient (Wildman–Crippen LogP) is 0.476. The highest BCUT2D eigenvalue weighted by Crippen LogP contribution is 2.10. The van der Waals surface area contributed by atoms with Gasteiger partial charge in [-0.15, -0.1) is 0 Å². The van der Waals surface area contributed by atoms with Crippen LogP contribution in [0.25, 0.3) is 0 Å². The van der Waals surface area contributed by atoms with Crippen LogP contribution in [-0.2, 0) is 9.59 Å². The lowest BCUT2D eigenvalue weighted by molar-refractivity contribution is -0.140. The molecule has 0 aromatic heterocycles. The molecule has 0 aliphatic heterocycles. The van der Waals surface area contributed by atoms with Crippen molar-refractivity contribution in [3.05, 3.63) is 0 Å². The molecule has 0 bridgehead atoms.